The van der Waals surface area contributed by atoms with Crippen LogP contribution in [0.2, 0.25) is 0 Å². The lowest BCUT2D eigenvalue weighted by atomic mass is 9.55. The van der Waals surface area contributed by atoms with E-state index in [4.69, 9.17) is 4.79 Å². The highest BCUT2D eigenvalue weighted by atomic mass is 16.3. The molecule has 1 amide bonds. The molecule has 4 unspecified atom stereocenters. The van der Waals surface area contributed by atoms with Gasteiger partial charge in [0.25, 0.3) is 0 Å². The molecule has 0 bridgehead atoms. The van der Waals surface area contributed by atoms with E-state index in [1.807, 2.05) is 12.1 Å². The highest BCUT2D eigenvalue weighted by Crippen LogP contribution is 2.62. The standard InChI is InChI=1S/C26H32O2.CH3NO/c1-16-4-3-5-17(12-16)13-19-15-24-23-8-6-18-14-20(27)7-9-21(18)22(23)10-11-26(24,2)25(19)28;2-1-3/h3-5,7,9,12,14,19,22-25,27-28H,6,8,10-11,13,15H2,1-2H3;1H,(H2,2,3)/t19?,22?,23?,24-,25?,26+;/m0./s1. The smallest absolute Gasteiger partial charge is 0.204 e. The molecule has 6 atom stereocenters. The molecular formula is C27H35NO3. The Morgan fingerprint density at radius 3 is 2.71 bits per heavy atom. The Morgan fingerprint density at radius 2 is 1.97 bits per heavy atom. The fourth-order valence-electron chi connectivity index (χ4n) is 7.06. The molecule has 0 aromatic heterocycles. The maximum Gasteiger partial charge on any atom is 0.204 e. The van der Waals surface area contributed by atoms with Gasteiger partial charge in [0, 0.05) is 0 Å². The van der Waals surface area contributed by atoms with Crippen LogP contribution in [0.25, 0.3) is 0 Å². The van der Waals surface area contributed by atoms with Crippen molar-refractivity contribution in [1.29, 1.82) is 0 Å². The number of phenols is 1. The van der Waals surface area contributed by atoms with Crippen molar-refractivity contribution in [1.82, 2.24) is 0 Å². The summed E-state index contributed by atoms with van der Waals surface area (Å²) in [7, 11) is 0. The Bertz CT molecular complexity index is 942. The zero-order valence-electron chi connectivity index (χ0n) is 18.6. The van der Waals surface area contributed by atoms with E-state index in [9.17, 15) is 10.2 Å². The third-order valence-corrected chi connectivity index (χ3v) is 8.41. The van der Waals surface area contributed by atoms with Gasteiger partial charge in [0.1, 0.15) is 5.75 Å². The van der Waals surface area contributed by atoms with E-state index in [2.05, 4.69) is 49.9 Å². The number of rotatable bonds is 2. The van der Waals surface area contributed by atoms with Gasteiger partial charge in [0.15, 0.2) is 0 Å². The van der Waals surface area contributed by atoms with Crippen LogP contribution in [0.1, 0.15) is 60.8 Å². The predicted octanol–water partition coefficient (Wildman–Crippen LogP) is 4.49. The van der Waals surface area contributed by atoms with Crippen LogP contribution >= 0.6 is 0 Å². The highest BCUT2D eigenvalue weighted by molar-refractivity contribution is 5.42. The summed E-state index contributed by atoms with van der Waals surface area (Å²) in [5, 5.41) is 21.2. The van der Waals surface area contributed by atoms with Gasteiger partial charge in [-0.1, -0.05) is 42.8 Å². The molecule has 2 aromatic carbocycles. The first-order chi connectivity index (χ1) is 14.9. The predicted molar refractivity (Wildman–Crippen MR) is 123 cm³/mol. The van der Waals surface area contributed by atoms with Crippen molar-refractivity contribution < 1.29 is 15.0 Å². The maximum absolute atomic E-state index is 11.4. The summed E-state index contributed by atoms with van der Waals surface area (Å²) in [4.78, 5) is 8.58. The Kier molecular flexibility index (Phi) is 6.11. The molecule has 31 heavy (non-hydrogen) atoms. The lowest BCUT2D eigenvalue weighted by Gasteiger charge is -2.50. The van der Waals surface area contributed by atoms with Gasteiger partial charge in [-0.2, -0.15) is 0 Å². The summed E-state index contributed by atoms with van der Waals surface area (Å²) in [5.74, 6) is 2.66. The molecule has 0 spiro atoms. The first-order valence-corrected chi connectivity index (χ1v) is 11.6. The van der Waals surface area contributed by atoms with Gasteiger partial charge in [-0.05, 0) is 103 Å². The minimum atomic E-state index is -0.194. The first-order valence-electron chi connectivity index (χ1n) is 11.6. The van der Waals surface area contributed by atoms with Crippen molar-refractivity contribution in [3.63, 3.8) is 0 Å². The van der Waals surface area contributed by atoms with E-state index in [0.717, 1.165) is 25.7 Å². The van der Waals surface area contributed by atoms with Crippen LogP contribution in [0.15, 0.2) is 42.5 Å². The van der Waals surface area contributed by atoms with Crippen molar-refractivity contribution in [2.45, 2.75) is 64.4 Å². The van der Waals surface area contributed by atoms with Crippen LogP contribution < -0.4 is 5.73 Å². The summed E-state index contributed by atoms with van der Waals surface area (Å²) in [5.41, 5.74) is 9.71. The van der Waals surface area contributed by atoms with Crippen LogP contribution in [0.4, 0.5) is 0 Å². The lowest BCUT2D eigenvalue weighted by molar-refractivity contribution is -0.106. The molecule has 2 fully saturated rings. The van der Waals surface area contributed by atoms with Gasteiger partial charge in [0.2, 0.25) is 6.41 Å². The van der Waals surface area contributed by atoms with E-state index in [0.29, 0.717) is 29.4 Å². The number of aryl methyl sites for hydroxylation is 2. The molecule has 0 radical (unpaired) electrons. The van der Waals surface area contributed by atoms with Crippen LogP contribution in [-0.2, 0) is 17.6 Å². The second-order valence-electron chi connectivity index (χ2n) is 10.1. The monoisotopic (exact) mass is 421 g/mol. The summed E-state index contributed by atoms with van der Waals surface area (Å²) in [6.07, 6.45) is 6.76. The van der Waals surface area contributed by atoms with Crippen molar-refractivity contribution >= 4 is 6.41 Å². The fraction of sp³-hybridized carbons (Fsp3) is 0.519. The largest absolute Gasteiger partial charge is 0.508 e. The molecule has 4 N–H and O–H groups in total. The van der Waals surface area contributed by atoms with E-state index < -0.39 is 0 Å². The first kappa shape index (κ1) is 21.9. The van der Waals surface area contributed by atoms with Crippen LogP contribution in [-0.4, -0.2) is 22.7 Å². The molecule has 0 aliphatic heterocycles. The van der Waals surface area contributed by atoms with Crippen molar-refractivity contribution in [3.05, 3.63) is 64.7 Å². The number of aliphatic hydroxyl groups excluding tert-OH is 1. The third-order valence-electron chi connectivity index (χ3n) is 8.41. The number of carbonyl (C=O) groups excluding carboxylic acids is 1. The summed E-state index contributed by atoms with van der Waals surface area (Å²) < 4.78 is 0. The number of primary amides is 1. The summed E-state index contributed by atoms with van der Waals surface area (Å²) in [6, 6.07) is 14.8. The summed E-state index contributed by atoms with van der Waals surface area (Å²) >= 11 is 0. The maximum atomic E-state index is 11.4. The molecule has 166 valence electrons. The molecule has 2 saturated carbocycles. The molecule has 2 aromatic rings. The van der Waals surface area contributed by atoms with Crippen LogP contribution in [0.3, 0.4) is 0 Å². The number of nitrogens with two attached hydrogens (primary N) is 1. The van der Waals surface area contributed by atoms with Crippen LogP contribution in [0, 0.1) is 30.1 Å². The lowest BCUT2D eigenvalue weighted by Crippen LogP contribution is -2.44. The summed E-state index contributed by atoms with van der Waals surface area (Å²) in [6.45, 7) is 4.51. The Morgan fingerprint density at radius 1 is 1.19 bits per heavy atom. The average molecular weight is 422 g/mol. The second-order valence-corrected chi connectivity index (χ2v) is 10.1. The molecule has 3 aliphatic carbocycles. The molecule has 5 rings (SSSR count). The fourth-order valence-corrected chi connectivity index (χ4v) is 7.06. The van der Waals surface area contributed by atoms with E-state index in [1.165, 1.54) is 35.1 Å². The average Bonchev–Trinajstić information content (AvgIpc) is 2.99. The second kappa shape index (κ2) is 8.66. The zero-order valence-corrected chi connectivity index (χ0v) is 18.6. The molecule has 0 heterocycles. The number of hydrogen-bond donors (Lipinski definition) is 3. The minimum Gasteiger partial charge on any atom is -0.508 e. The SMILES string of the molecule is Cc1cccc(CC2C[C@H]3C4CCc5cc(O)ccc5C4CC[C@@]3(C)C2O)c1.NC=O. The topological polar surface area (TPSA) is 83.6 Å². The highest BCUT2D eigenvalue weighted by Gasteiger charge is 2.57. The number of aliphatic hydroxyl groups is 1. The van der Waals surface area contributed by atoms with E-state index >= 15 is 0 Å². The molecule has 4 heteroatoms. The molecule has 3 aliphatic rings. The number of benzene rings is 2. The molecule has 0 saturated heterocycles. The van der Waals surface area contributed by atoms with Gasteiger partial charge in [-0.15, -0.1) is 0 Å². The number of hydrogen-bond acceptors (Lipinski definition) is 3. The Balaban J connectivity index is 0.000000730. The van der Waals surface area contributed by atoms with E-state index in [1.54, 1.807) is 0 Å². The van der Waals surface area contributed by atoms with Gasteiger partial charge >= 0.3 is 0 Å². The zero-order chi connectivity index (χ0) is 22.2. The molecule has 4 nitrogen and oxygen atoms in total. The third kappa shape index (κ3) is 3.98. The number of amides is 1. The van der Waals surface area contributed by atoms with Crippen molar-refractivity contribution in [3.8, 4) is 5.75 Å². The normalized spacial score (nSPS) is 33.3. The molecular weight excluding hydrogens is 386 g/mol. The van der Waals surface area contributed by atoms with Gasteiger partial charge in [-0.25, -0.2) is 0 Å². The van der Waals surface area contributed by atoms with Crippen molar-refractivity contribution in [2.24, 2.45) is 28.9 Å². The Labute approximate surface area is 185 Å². The number of carbonyl (C=O) groups is 1. The van der Waals surface area contributed by atoms with Crippen LogP contribution in [0.5, 0.6) is 5.75 Å². The van der Waals surface area contributed by atoms with E-state index in [-0.39, 0.29) is 17.9 Å². The number of aromatic hydroxyl groups is 1. The van der Waals surface area contributed by atoms with Crippen molar-refractivity contribution in [2.75, 3.05) is 0 Å². The Hall–Kier alpha value is -2.33. The van der Waals surface area contributed by atoms with Gasteiger partial charge in [-0.3, -0.25) is 4.79 Å². The quantitative estimate of drug-likeness (QED) is 0.625. The van der Waals surface area contributed by atoms with Gasteiger partial charge in [0.05, 0.1) is 6.10 Å². The van der Waals surface area contributed by atoms with Gasteiger partial charge < -0.3 is 15.9 Å². The number of fused-ring (bicyclic) bond motifs is 5. The number of phenolic OH excluding ortho intramolecular Hbond substituents is 1. The minimum absolute atomic E-state index is 0.0596.